The maximum absolute atomic E-state index is 12.7. The Bertz CT molecular complexity index is 796. The number of fused-ring (bicyclic) bond motifs is 1. The van der Waals surface area contributed by atoms with Crippen LogP contribution in [-0.4, -0.2) is 58.6 Å². The molecule has 0 saturated carbocycles. The van der Waals surface area contributed by atoms with Crippen molar-refractivity contribution >= 4 is 22.2 Å². The van der Waals surface area contributed by atoms with Crippen LogP contribution >= 0.6 is 11.3 Å². The summed E-state index contributed by atoms with van der Waals surface area (Å²) in [6.07, 6.45) is 5.44. The molecule has 2 saturated heterocycles. The number of nitrogens with zero attached hydrogens (tertiary/aromatic N) is 3. The highest BCUT2D eigenvalue weighted by atomic mass is 32.1. The summed E-state index contributed by atoms with van der Waals surface area (Å²) in [5.74, 6) is -0.250. The first-order valence-electron chi connectivity index (χ1n) is 8.32. The Balaban J connectivity index is 1.54. The standard InChI is InChI=1S/C16H20N4O3S/c21-14-8-12(20-6-7-24-16(20)18-14)15(22)17-11-9-23-10-13(11)19-4-2-1-3-5-19/h6-8,11,13H,1-5,9-10H2,(H,17,22)/t11-,13-/m0/s1. The molecule has 2 aromatic rings. The van der Waals surface area contributed by atoms with Crippen LogP contribution in [0.1, 0.15) is 29.8 Å². The number of amides is 1. The Labute approximate surface area is 143 Å². The van der Waals surface area contributed by atoms with Crippen LogP contribution in [0.4, 0.5) is 0 Å². The van der Waals surface area contributed by atoms with Crippen molar-refractivity contribution in [1.82, 2.24) is 19.6 Å². The van der Waals surface area contributed by atoms with E-state index in [-0.39, 0.29) is 18.0 Å². The van der Waals surface area contributed by atoms with Gasteiger partial charge in [-0.1, -0.05) is 6.42 Å². The van der Waals surface area contributed by atoms with Crippen molar-refractivity contribution in [3.8, 4) is 0 Å². The average molecular weight is 348 g/mol. The van der Waals surface area contributed by atoms with Gasteiger partial charge in [-0.15, -0.1) is 11.3 Å². The van der Waals surface area contributed by atoms with Gasteiger partial charge in [0.1, 0.15) is 5.69 Å². The number of rotatable bonds is 3. The molecule has 0 aromatic carbocycles. The topological polar surface area (TPSA) is 75.9 Å². The zero-order chi connectivity index (χ0) is 16.5. The third-order valence-corrected chi connectivity index (χ3v) is 5.53. The summed E-state index contributed by atoms with van der Waals surface area (Å²) >= 11 is 1.34. The van der Waals surface area contributed by atoms with Gasteiger partial charge in [-0.05, 0) is 25.9 Å². The van der Waals surface area contributed by atoms with Gasteiger partial charge in [-0.25, -0.2) is 0 Å². The van der Waals surface area contributed by atoms with Gasteiger partial charge in [0.05, 0.1) is 25.3 Å². The van der Waals surface area contributed by atoms with Crippen molar-refractivity contribution in [3.05, 3.63) is 33.7 Å². The predicted molar refractivity (Wildman–Crippen MR) is 90.6 cm³/mol. The summed E-state index contributed by atoms with van der Waals surface area (Å²) in [6, 6.07) is 1.46. The monoisotopic (exact) mass is 348 g/mol. The lowest BCUT2D eigenvalue weighted by atomic mass is 10.0. The first kappa shape index (κ1) is 15.7. The van der Waals surface area contributed by atoms with Gasteiger partial charge in [-0.2, -0.15) is 4.98 Å². The van der Waals surface area contributed by atoms with Crippen LogP contribution in [-0.2, 0) is 4.74 Å². The van der Waals surface area contributed by atoms with Gasteiger partial charge in [0.15, 0.2) is 4.96 Å². The third kappa shape index (κ3) is 2.97. The largest absolute Gasteiger partial charge is 0.378 e. The number of ether oxygens (including phenoxy) is 1. The molecule has 0 bridgehead atoms. The fourth-order valence-electron chi connectivity index (χ4n) is 3.56. The van der Waals surface area contributed by atoms with Crippen molar-refractivity contribution in [2.24, 2.45) is 0 Å². The summed E-state index contributed by atoms with van der Waals surface area (Å²) in [7, 11) is 0. The molecule has 1 N–H and O–H groups in total. The van der Waals surface area contributed by atoms with E-state index in [1.165, 1.54) is 36.7 Å². The lowest BCUT2D eigenvalue weighted by Crippen LogP contribution is -2.52. The van der Waals surface area contributed by atoms with Crippen molar-refractivity contribution in [1.29, 1.82) is 0 Å². The maximum Gasteiger partial charge on any atom is 0.274 e. The van der Waals surface area contributed by atoms with E-state index in [0.717, 1.165) is 13.1 Å². The highest BCUT2D eigenvalue weighted by molar-refractivity contribution is 7.15. The Morgan fingerprint density at radius 1 is 1.29 bits per heavy atom. The number of likely N-dealkylation sites (tertiary alicyclic amines) is 1. The van der Waals surface area contributed by atoms with Crippen LogP contribution in [0.3, 0.4) is 0 Å². The molecule has 2 atom stereocenters. The molecule has 24 heavy (non-hydrogen) atoms. The molecule has 1 amide bonds. The molecule has 2 aromatic heterocycles. The molecule has 8 heteroatoms. The Morgan fingerprint density at radius 3 is 2.96 bits per heavy atom. The number of hydrogen-bond donors (Lipinski definition) is 1. The van der Waals surface area contributed by atoms with Gasteiger partial charge in [0, 0.05) is 17.6 Å². The molecule has 4 heterocycles. The molecule has 2 aliphatic heterocycles. The number of piperidine rings is 1. The van der Waals surface area contributed by atoms with E-state index in [4.69, 9.17) is 4.74 Å². The van der Waals surface area contributed by atoms with E-state index in [2.05, 4.69) is 15.2 Å². The summed E-state index contributed by atoms with van der Waals surface area (Å²) in [5.41, 5.74) is -0.0617. The van der Waals surface area contributed by atoms with Crippen LogP contribution in [0.2, 0.25) is 0 Å². The second kappa shape index (κ2) is 6.62. The summed E-state index contributed by atoms with van der Waals surface area (Å²) in [4.78, 5) is 31.3. The van der Waals surface area contributed by atoms with Gasteiger partial charge < -0.3 is 10.1 Å². The molecular formula is C16H20N4O3S. The predicted octanol–water partition coefficient (Wildman–Crippen LogP) is 0.739. The molecule has 2 aliphatic rings. The highest BCUT2D eigenvalue weighted by Crippen LogP contribution is 2.19. The summed E-state index contributed by atoms with van der Waals surface area (Å²) in [5, 5.41) is 4.88. The highest BCUT2D eigenvalue weighted by Gasteiger charge is 2.35. The van der Waals surface area contributed by atoms with Gasteiger partial charge in [0.25, 0.3) is 11.5 Å². The van der Waals surface area contributed by atoms with E-state index in [0.29, 0.717) is 23.9 Å². The molecule has 0 aliphatic carbocycles. The smallest absolute Gasteiger partial charge is 0.274 e. The first-order chi connectivity index (χ1) is 11.7. The van der Waals surface area contributed by atoms with Gasteiger partial charge >= 0.3 is 0 Å². The van der Waals surface area contributed by atoms with Crippen LogP contribution in [0.15, 0.2) is 22.4 Å². The second-order valence-corrected chi connectivity index (χ2v) is 7.19. The lowest BCUT2D eigenvalue weighted by Gasteiger charge is -2.34. The van der Waals surface area contributed by atoms with Gasteiger partial charge in [-0.3, -0.25) is 18.9 Å². The second-order valence-electron chi connectivity index (χ2n) is 6.32. The zero-order valence-electron chi connectivity index (χ0n) is 13.3. The third-order valence-electron chi connectivity index (χ3n) is 4.77. The molecule has 0 unspecified atom stereocenters. The van der Waals surface area contributed by atoms with E-state index >= 15 is 0 Å². The maximum atomic E-state index is 12.7. The quantitative estimate of drug-likeness (QED) is 0.885. The first-order valence-corrected chi connectivity index (χ1v) is 9.20. The molecular weight excluding hydrogens is 328 g/mol. The summed E-state index contributed by atoms with van der Waals surface area (Å²) in [6.45, 7) is 3.28. The molecule has 0 radical (unpaired) electrons. The SMILES string of the molecule is O=C(N[C@H]1COC[C@@H]1N1CCCCC1)c1cc(=O)nc2sccn12. The fraction of sp³-hybridized carbons (Fsp3) is 0.562. The molecule has 4 rings (SSSR count). The lowest BCUT2D eigenvalue weighted by molar-refractivity contribution is 0.0893. The molecule has 0 spiro atoms. The molecule has 128 valence electrons. The fourth-order valence-corrected chi connectivity index (χ4v) is 4.28. The van der Waals surface area contributed by atoms with Crippen molar-refractivity contribution < 1.29 is 9.53 Å². The van der Waals surface area contributed by atoms with Gasteiger partial charge in [0.2, 0.25) is 0 Å². The van der Waals surface area contributed by atoms with E-state index < -0.39 is 5.56 Å². The average Bonchev–Trinajstić information content (AvgIpc) is 3.23. The van der Waals surface area contributed by atoms with E-state index in [1.54, 1.807) is 10.6 Å². The number of carbonyl (C=O) groups excluding carboxylic acids is 1. The van der Waals surface area contributed by atoms with Crippen molar-refractivity contribution in [2.75, 3.05) is 26.3 Å². The number of thiazole rings is 1. The van der Waals surface area contributed by atoms with Crippen LogP contribution in [0.5, 0.6) is 0 Å². The minimum absolute atomic E-state index is 0.0480. The minimum Gasteiger partial charge on any atom is -0.378 e. The van der Waals surface area contributed by atoms with E-state index in [1.807, 2.05) is 5.38 Å². The van der Waals surface area contributed by atoms with Crippen molar-refractivity contribution in [3.63, 3.8) is 0 Å². The van der Waals surface area contributed by atoms with Crippen molar-refractivity contribution in [2.45, 2.75) is 31.3 Å². The Hall–Kier alpha value is -1.77. The normalized spacial score (nSPS) is 25.2. The Kier molecular flexibility index (Phi) is 4.34. The number of hydrogen-bond acceptors (Lipinski definition) is 6. The van der Waals surface area contributed by atoms with E-state index in [9.17, 15) is 9.59 Å². The van der Waals surface area contributed by atoms with Crippen LogP contribution < -0.4 is 10.9 Å². The minimum atomic E-state index is -0.391. The summed E-state index contributed by atoms with van der Waals surface area (Å²) < 4.78 is 7.28. The Morgan fingerprint density at radius 2 is 2.12 bits per heavy atom. The number of carbonyl (C=O) groups is 1. The molecule has 2 fully saturated rings. The van der Waals surface area contributed by atoms with Crippen LogP contribution in [0.25, 0.3) is 4.96 Å². The number of nitrogens with one attached hydrogen (secondary N) is 1. The number of aromatic nitrogens is 2. The van der Waals surface area contributed by atoms with Crippen LogP contribution in [0, 0.1) is 0 Å². The molecule has 7 nitrogen and oxygen atoms in total. The zero-order valence-corrected chi connectivity index (χ0v) is 14.1.